The summed E-state index contributed by atoms with van der Waals surface area (Å²) in [6, 6.07) is 17.6. The van der Waals surface area contributed by atoms with Gasteiger partial charge < -0.3 is 10.0 Å². The minimum absolute atomic E-state index is 0.335. The maximum absolute atomic E-state index is 10.0. The van der Waals surface area contributed by atoms with Crippen LogP contribution in [0.4, 0.5) is 5.69 Å². The van der Waals surface area contributed by atoms with E-state index in [0.29, 0.717) is 17.2 Å². The van der Waals surface area contributed by atoms with Gasteiger partial charge >= 0.3 is 0 Å². The number of benzene rings is 2. The Kier molecular flexibility index (Phi) is 5.55. The van der Waals surface area contributed by atoms with E-state index in [9.17, 15) is 5.11 Å². The lowest BCUT2D eigenvalue weighted by Gasteiger charge is -2.36. The highest BCUT2D eigenvalue weighted by Crippen LogP contribution is 2.27. The summed E-state index contributed by atoms with van der Waals surface area (Å²) in [6.07, 6.45) is 3.96. The first kappa shape index (κ1) is 18.5. The molecule has 0 saturated carbocycles. The Morgan fingerprint density at radius 3 is 2.43 bits per heavy atom. The summed E-state index contributed by atoms with van der Waals surface area (Å²) < 4.78 is 2.45. The molecule has 3 aromatic rings. The summed E-state index contributed by atoms with van der Waals surface area (Å²) in [4.78, 5) is 8.97. The Bertz CT molecular complexity index is 1000. The average molecular weight is 394 g/mol. The van der Waals surface area contributed by atoms with Gasteiger partial charge in [-0.15, -0.1) is 0 Å². The molecule has 0 atom stereocenters. The number of rotatable bonds is 5. The third-order valence-electron chi connectivity index (χ3n) is 4.87. The van der Waals surface area contributed by atoms with Gasteiger partial charge in [-0.3, -0.25) is 10.00 Å². The van der Waals surface area contributed by atoms with Gasteiger partial charge in [-0.2, -0.15) is 4.98 Å². The summed E-state index contributed by atoms with van der Waals surface area (Å²) in [5, 5.41) is 13.3. The molecule has 0 unspecified atom stereocenters. The van der Waals surface area contributed by atoms with Crippen molar-refractivity contribution in [1.29, 1.82) is 0 Å². The first-order valence-electron chi connectivity index (χ1n) is 9.34. The molecule has 1 fully saturated rings. The number of aromatic amines is 1. The summed E-state index contributed by atoms with van der Waals surface area (Å²) in [5.41, 5.74) is 2.02. The fourth-order valence-corrected chi connectivity index (χ4v) is 3.55. The number of piperazine rings is 1. The summed E-state index contributed by atoms with van der Waals surface area (Å²) in [5.74, 6) is 1.09. The van der Waals surface area contributed by atoms with Crippen LogP contribution >= 0.6 is 12.2 Å². The number of phenolic OH excluding ortho intramolecular Hbond substituents is 1. The molecule has 1 aromatic heterocycles. The molecule has 0 radical (unpaired) electrons. The van der Waals surface area contributed by atoms with Crippen LogP contribution in [-0.4, -0.2) is 50.9 Å². The smallest absolute Gasteiger partial charge is 0.217 e. The van der Waals surface area contributed by atoms with E-state index in [4.69, 9.17) is 12.2 Å². The molecule has 2 N–H and O–H groups in total. The Labute approximate surface area is 169 Å². The molecular formula is C21H23N5OS. The van der Waals surface area contributed by atoms with Gasteiger partial charge in [0.15, 0.2) is 0 Å². The Balaban J connectivity index is 1.37. The maximum atomic E-state index is 10.0. The van der Waals surface area contributed by atoms with Crippen molar-refractivity contribution in [2.75, 3.05) is 31.1 Å². The minimum atomic E-state index is 0.335. The van der Waals surface area contributed by atoms with Gasteiger partial charge in [-0.05, 0) is 36.0 Å². The first-order chi connectivity index (χ1) is 13.7. The van der Waals surface area contributed by atoms with E-state index in [1.54, 1.807) is 6.07 Å². The molecule has 6 nitrogen and oxygen atoms in total. The number of nitrogens with one attached hydrogen (secondary N) is 1. The van der Waals surface area contributed by atoms with E-state index in [-0.39, 0.29) is 0 Å². The largest absolute Gasteiger partial charge is 0.506 e. The predicted octanol–water partition coefficient (Wildman–Crippen LogP) is 3.60. The summed E-state index contributed by atoms with van der Waals surface area (Å²) >= 11 is 5.41. The molecule has 0 aliphatic carbocycles. The monoisotopic (exact) mass is 393 g/mol. The lowest BCUT2D eigenvalue weighted by molar-refractivity contribution is 0.194. The molecule has 0 spiro atoms. The van der Waals surface area contributed by atoms with Crippen molar-refractivity contribution in [3.8, 4) is 5.75 Å². The topological polar surface area (TPSA) is 60.3 Å². The third-order valence-corrected chi connectivity index (χ3v) is 5.18. The van der Waals surface area contributed by atoms with Crippen LogP contribution < -0.4 is 4.90 Å². The second-order valence-corrected chi connectivity index (χ2v) is 7.16. The van der Waals surface area contributed by atoms with Crippen LogP contribution in [-0.2, 0) is 6.67 Å². The molecule has 2 heterocycles. The van der Waals surface area contributed by atoms with Crippen molar-refractivity contribution in [1.82, 2.24) is 19.7 Å². The molecule has 1 aliphatic rings. The van der Waals surface area contributed by atoms with E-state index >= 15 is 0 Å². The Morgan fingerprint density at radius 2 is 1.68 bits per heavy atom. The fraction of sp³-hybridized carbons (Fsp3) is 0.238. The van der Waals surface area contributed by atoms with Crippen LogP contribution in [0.15, 0.2) is 54.6 Å². The van der Waals surface area contributed by atoms with Crippen LogP contribution in [0.5, 0.6) is 5.75 Å². The molecule has 144 valence electrons. The van der Waals surface area contributed by atoms with E-state index < -0.39 is 0 Å². The summed E-state index contributed by atoms with van der Waals surface area (Å²) in [6.45, 7) is 4.19. The normalized spacial score (nSPS) is 15.4. The number of phenols is 1. The molecular weight excluding hydrogens is 370 g/mol. The second kappa shape index (κ2) is 8.41. The molecule has 2 aromatic carbocycles. The lowest BCUT2D eigenvalue weighted by atomic mass is 10.2. The molecule has 4 rings (SSSR count). The van der Waals surface area contributed by atoms with Crippen molar-refractivity contribution in [2.24, 2.45) is 0 Å². The lowest BCUT2D eigenvalue weighted by Crippen LogP contribution is -2.47. The highest BCUT2D eigenvalue weighted by molar-refractivity contribution is 7.71. The summed E-state index contributed by atoms with van der Waals surface area (Å²) in [7, 11) is 0. The average Bonchev–Trinajstić information content (AvgIpc) is 3.08. The van der Waals surface area contributed by atoms with E-state index in [2.05, 4.69) is 19.9 Å². The van der Waals surface area contributed by atoms with Crippen LogP contribution in [0.2, 0.25) is 0 Å². The Morgan fingerprint density at radius 1 is 0.964 bits per heavy atom. The van der Waals surface area contributed by atoms with Crippen molar-refractivity contribution in [3.63, 3.8) is 0 Å². The molecule has 1 aliphatic heterocycles. The molecule has 1 saturated heterocycles. The van der Waals surface area contributed by atoms with Crippen LogP contribution in [0.25, 0.3) is 12.2 Å². The number of anilines is 1. The second-order valence-electron chi connectivity index (χ2n) is 6.80. The quantitative estimate of drug-likeness (QED) is 0.649. The highest BCUT2D eigenvalue weighted by atomic mass is 32.1. The minimum Gasteiger partial charge on any atom is -0.506 e. The first-order valence-corrected chi connectivity index (χ1v) is 9.75. The zero-order chi connectivity index (χ0) is 19.3. The van der Waals surface area contributed by atoms with Gasteiger partial charge in [0, 0.05) is 26.2 Å². The molecule has 7 heteroatoms. The maximum Gasteiger partial charge on any atom is 0.217 e. The van der Waals surface area contributed by atoms with Crippen molar-refractivity contribution >= 4 is 30.1 Å². The van der Waals surface area contributed by atoms with E-state index in [1.165, 1.54) is 0 Å². The molecule has 0 amide bonds. The fourth-order valence-electron chi connectivity index (χ4n) is 3.35. The van der Waals surface area contributed by atoms with Gasteiger partial charge in [0.2, 0.25) is 4.77 Å². The zero-order valence-corrected chi connectivity index (χ0v) is 16.3. The molecule has 0 bridgehead atoms. The highest BCUT2D eigenvalue weighted by Gasteiger charge is 2.19. The van der Waals surface area contributed by atoms with Crippen molar-refractivity contribution < 1.29 is 5.11 Å². The van der Waals surface area contributed by atoms with E-state index in [0.717, 1.165) is 43.3 Å². The number of aromatic hydroxyl groups is 1. The van der Waals surface area contributed by atoms with Gasteiger partial charge in [0.1, 0.15) is 11.6 Å². The Hall–Kier alpha value is -2.90. The number of hydrogen-bond acceptors (Lipinski definition) is 5. The predicted molar refractivity (Wildman–Crippen MR) is 115 cm³/mol. The SMILES string of the molecule is Oc1ccccc1N1CCN(Cn2[nH]c(C=Cc3ccccc3)nc2=S)CC1. The van der Waals surface area contributed by atoms with E-state index in [1.807, 2.05) is 65.4 Å². The van der Waals surface area contributed by atoms with Gasteiger partial charge in [-0.1, -0.05) is 48.5 Å². The van der Waals surface area contributed by atoms with Crippen molar-refractivity contribution in [2.45, 2.75) is 6.67 Å². The van der Waals surface area contributed by atoms with Crippen LogP contribution in [0.3, 0.4) is 0 Å². The van der Waals surface area contributed by atoms with Gasteiger partial charge in [0.05, 0.1) is 12.4 Å². The standard InChI is InChI=1S/C21H23N5OS/c27-19-9-5-4-8-18(19)25-14-12-24(13-15-25)16-26-21(28)22-20(23-26)11-10-17-6-2-1-3-7-17/h1-11,27H,12-16H2,(H,22,23,28). The molecule has 28 heavy (non-hydrogen) atoms. The van der Waals surface area contributed by atoms with Crippen LogP contribution in [0.1, 0.15) is 11.4 Å². The number of aromatic nitrogens is 3. The number of H-pyrrole nitrogens is 1. The van der Waals surface area contributed by atoms with Gasteiger partial charge in [0.25, 0.3) is 0 Å². The van der Waals surface area contributed by atoms with Crippen LogP contribution in [0, 0.1) is 4.77 Å². The third kappa shape index (κ3) is 4.32. The van der Waals surface area contributed by atoms with Gasteiger partial charge in [-0.25, -0.2) is 4.68 Å². The number of hydrogen-bond donors (Lipinski definition) is 2. The number of nitrogens with zero attached hydrogens (tertiary/aromatic N) is 4. The van der Waals surface area contributed by atoms with Crippen molar-refractivity contribution in [3.05, 3.63) is 70.8 Å². The number of para-hydroxylation sites is 2. The zero-order valence-electron chi connectivity index (χ0n) is 15.5.